The van der Waals surface area contributed by atoms with E-state index < -0.39 is 0 Å². The summed E-state index contributed by atoms with van der Waals surface area (Å²) in [5.41, 5.74) is 4.50. The number of nitrogens with one attached hydrogen (secondary N) is 2. The number of rotatable bonds is 9. The highest BCUT2D eigenvalue weighted by atomic mass is 32.2. The quantitative estimate of drug-likeness (QED) is 0.238. The van der Waals surface area contributed by atoms with Gasteiger partial charge in [0.1, 0.15) is 0 Å². The molecule has 0 unspecified atom stereocenters. The number of aryl methyl sites for hydroxylation is 1. The summed E-state index contributed by atoms with van der Waals surface area (Å²) < 4.78 is 1.85. The Morgan fingerprint density at radius 2 is 1.56 bits per heavy atom. The van der Waals surface area contributed by atoms with E-state index in [0.29, 0.717) is 16.7 Å². The van der Waals surface area contributed by atoms with Gasteiger partial charge in [-0.1, -0.05) is 61.2 Å². The van der Waals surface area contributed by atoms with Crippen molar-refractivity contribution in [2.24, 2.45) is 7.05 Å². The van der Waals surface area contributed by atoms with E-state index in [2.05, 4.69) is 27.8 Å². The molecule has 7 nitrogen and oxygen atoms in total. The summed E-state index contributed by atoms with van der Waals surface area (Å²) >= 11 is 1.33. The number of nitrogens with zero attached hydrogens (tertiary/aromatic N) is 3. The zero-order valence-corrected chi connectivity index (χ0v) is 21.0. The van der Waals surface area contributed by atoms with Crippen LogP contribution in [0.4, 0.5) is 11.4 Å². The number of thioether (sulfide) groups is 1. The lowest BCUT2D eigenvalue weighted by Crippen LogP contribution is -2.14. The van der Waals surface area contributed by atoms with Crippen molar-refractivity contribution >= 4 is 41.0 Å². The van der Waals surface area contributed by atoms with Gasteiger partial charge in [0, 0.05) is 30.1 Å². The van der Waals surface area contributed by atoms with E-state index in [1.807, 2.05) is 90.5 Å². The van der Waals surface area contributed by atoms with Crippen LogP contribution in [0.2, 0.25) is 0 Å². The van der Waals surface area contributed by atoms with Crippen LogP contribution in [0.3, 0.4) is 0 Å². The molecule has 0 fully saturated rings. The average molecular weight is 498 g/mol. The molecule has 4 aromatic rings. The van der Waals surface area contributed by atoms with E-state index in [4.69, 9.17) is 0 Å². The number of anilines is 2. The third-order valence-electron chi connectivity index (χ3n) is 5.45. The fraction of sp³-hybridized carbons (Fsp3) is 0.143. The minimum atomic E-state index is -0.205. The van der Waals surface area contributed by atoms with Crippen LogP contribution < -0.4 is 10.6 Å². The van der Waals surface area contributed by atoms with Crippen molar-refractivity contribution in [1.29, 1.82) is 0 Å². The van der Waals surface area contributed by atoms with E-state index >= 15 is 0 Å². The lowest BCUT2D eigenvalue weighted by Gasteiger charge is -2.07. The summed E-state index contributed by atoms with van der Waals surface area (Å²) in [5, 5.41) is 14.9. The fourth-order valence-electron chi connectivity index (χ4n) is 3.47. The first-order chi connectivity index (χ1) is 17.5. The summed E-state index contributed by atoms with van der Waals surface area (Å²) in [4.78, 5) is 24.6. The molecular weight excluding hydrogens is 470 g/mol. The molecule has 0 aliphatic carbocycles. The first-order valence-electron chi connectivity index (χ1n) is 11.6. The molecule has 0 atom stereocenters. The van der Waals surface area contributed by atoms with E-state index in [0.717, 1.165) is 23.2 Å². The molecule has 2 amide bonds. The van der Waals surface area contributed by atoms with Crippen LogP contribution in [0.1, 0.15) is 18.1 Å². The van der Waals surface area contributed by atoms with Crippen molar-refractivity contribution in [2.75, 3.05) is 16.4 Å². The first kappa shape index (κ1) is 24.9. The second kappa shape index (κ2) is 12.0. The van der Waals surface area contributed by atoms with Gasteiger partial charge in [-0.05, 0) is 60.0 Å². The number of carbonyl (C=O) groups excluding carboxylic acids is 2. The highest BCUT2D eigenvalue weighted by Gasteiger charge is 2.13. The molecule has 0 saturated heterocycles. The number of benzene rings is 3. The van der Waals surface area contributed by atoms with Gasteiger partial charge in [-0.15, -0.1) is 10.2 Å². The van der Waals surface area contributed by atoms with Gasteiger partial charge in [-0.25, -0.2) is 0 Å². The Hall–Kier alpha value is -4.17. The Bertz CT molecular complexity index is 1350. The van der Waals surface area contributed by atoms with Crippen LogP contribution in [-0.2, 0) is 23.1 Å². The molecule has 1 aromatic heterocycles. The van der Waals surface area contributed by atoms with Crippen LogP contribution in [0.25, 0.3) is 17.5 Å². The molecule has 8 heteroatoms. The largest absolute Gasteiger partial charge is 0.325 e. The first-order valence-corrected chi connectivity index (χ1v) is 12.6. The minimum absolute atomic E-state index is 0.102. The van der Waals surface area contributed by atoms with Crippen molar-refractivity contribution < 1.29 is 9.59 Å². The summed E-state index contributed by atoms with van der Waals surface area (Å²) in [6.45, 7) is 2.09. The molecule has 3 aromatic carbocycles. The maximum absolute atomic E-state index is 12.4. The predicted octanol–water partition coefficient (Wildman–Crippen LogP) is 5.43. The normalized spacial score (nSPS) is 10.9. The van der Waals surface area contributed by atoms with Gasteiger partial charge < -0.3 is 15.2 Å². The molecule has 1 heterocycles. The van der Waals surface area contributed by atoms with Gasteiger partial charge in [0.05, 0.1) is 5.75 Å². The number of aromatic nitrogens is 3. The monoisotopic (exact) mass is 497 g/mol. The second-order valence-electron chi connectivity index (χ2n) is 8.06. The van der Waals surface area contributed by atoms with Gasteiger partial charge in [-0.2, -0.15) is 0 Å². The van der Waals surface area contributed by atoms with Gasteiger partial charge in [-0.3, -0.25) is 9.59 Å². The van der Waals surface area contributed by atoms with Gasteiger partial charge >= 0.3 is 0 Å². The maximum atomic E-state index is 12.4. The average Bonchev–Trinajstić information content (AvgIpc) is 3.28. The zero-order valence-electron chi connectivity index (χ0n) is 20.1. The van der Waals surface area contributed by atoms with Crippen molar-refractivity contribution in [3.63, 3.8) is 0 Å². The Labute approximate surface area is 214 Å². The minimum Gasteiger partial charge on any atom is -0.325 e. The predicted molar refractivity (Wildman–Crippen MR) is 146 cm³/mol. The van der Waals surface area contributed by atoms with E-state index in [1.54, 1.807) is 6.08 Å². The Morgan fingerprint density at radius 1 is 0.889 bits per heavy atom. The summed E-state index contributed by atoms with van der Waals surface area (Å²) in [6.07, 6.45) is 4.23. The molecule has 2 N–H and O–H groups in total. The third kappa shape index (κ3) is 6.70. The maximum Gasteiger partial charge on any atom is 0.248 e. The van der Waals surface area contributed by atoms with Crippen LogP contribution in [0.5, 0.6) is 0 Å². The topological polar surface area (TPSA) is 88.9 Å². The summed E-state index contributed by atoms with van der Waals surface area (Å²) in [5.74, 6) is 0.594. The molecule has 0 bridgehead atoms. The van der Waals surface area contributed by atoms with Crippen LogP contribution in [0, 0.1) is 0 Å². The molecule has 0 spiro atoms. The highest BCUT2D eigenvalue weighted by Crippen LogP contribution is 2.24. The van der Waals surface area contributed by atoms with Gasteiger partial charge in [0.2, 0.25) is 11.8 Å². The van der Waals surface area contributed by atoms with Crippen molar-refractivity contribution in [2.45, 2.75) is 18.5 Å². The standard InChI is InChI=1S/C28H27N5O2S/c1-3-20-9-14-23(15-10-20)30-26(35)19-36-28-32-31-27(33(28)2)22-12-16-24(17-13-22)29-25(34)18-11-21-7-5-4-6-8-21/h4-18H,3,19H2,1-2H3,(H,29,34)(H,30,35). The van der Waals surface area contributed by atoms with Gasteiger partial charge in [0.25, 0.3) is 0 Å². The van der Waals surface area contributed by atoms with Crippen LogP contribution in [-0.4, -0.2) is 32.3 Å². The molecule has 0 aliphatic heterocycles. The summed E-state index contributed by atoms with van der Waals surface area (Å²) in [6, 6.07) is 24.9. The molecule has 0 aliphatic rings. The Kier molecular flexibility index (Phi) is 8.31. The number of hydrogen-bond donors (Lipinski definition) is 2. The molecule has 4 rings (SSSR count). The Balaban J connectivity index is 1.32. The van der Waals surface area contributed by atoms with Crippen LogP contribution in [0.15, 0.2) is 90.1 Å². The number of carbonyl (C=O) groups is 2. The number of amides is 2. The van der Waals surface area contributed by atoms with Crippen molar-refractivity contribution in [3.8, 4) is 11.4 Å². The smallest absolute Gasteiger partial charge is 0.248 e. The van der Waals surface area contributed by atoms with Crippen molar-refractivity contribution in [3.05, 3.63) is 96.1 Å². The van der Waals surface area contributed by atoms with E-state index in [-0.39, 0.29) is 17.6 Å². The molecule has 182 valence electrons. The third-order valence-corrected chi connectivity index (χ3v) is 6.47. The molecular formula is C28H27N5O2S. The fourth-order valence-corrected chi connectivity index (χ4v) is 4.18. The Morgan fingerprint density at radius 3 is 2.25 bits per heavy atom. The molecule has 0 radical (unpaired) electrons. The summed E-state index contributed by atoms with van der Waals surface area (Å²) in [7, 11) is 1.86. The lowest BCUT2D eigenvalue weighted by molar-refractivity contribution is -0.114. The van der Waals surface area contributed by atoms with Gasteiger partial charge in [0.15, 0.2) is 11.0 Å². The SMILES string of the molecule is CCc1ccc(NC(=O)CSc2nnc(-c3ccc(NC(=O)C=Cc4ccccc4)cc3)n2C)cc1. The molecule has 36 heavy (non-hydrogen) atoms. The van der Waals surface area contributed by atoms with E-state index in [9.17, 15) is 9.59 Å². The molecule has 0 saturated carbocycles. The van der Waals surface area contributed by atoms with E-state index in [1.165, 1.54) is 23.4 Å². The van der Waals surface area contributed by atoms with Crippen molar-refractivity contribution in [1.82, 2.24) is 14.8 Å². The second-order valence-corrected chi connectivity index (χ2v) is 9.01. The number of hydrogen-bond acceptors (Lipinski definition) is 5. The van der Waals surface area contributed by atoms with Crippen LogP contribution >= 0.6 is 11.8 Å². The highest BCUT2D eigenvalue weighted by molar-refractivity contribution is 7.99. The zero-order chi connectivity index (χ0) is 25.3. The lowest BCUT2D eigenvalue weighted by atomic mass is 10.1.